The molecule has 1 amide bonds. The minimum Gasteiger partial charge on any atom is -0.347 e. The van der Waals surface area contributed by atoms with Crippen LogP contribution in [0.3, 0.4) is 0 Å². The van der Waals surface area contributed by atoms with Gasteiger partial charge in [-0.15, -0.1) is 11.3 Å². The fourth-order valence-electron chi connectivity index (χ4n) is 3.19. The molecule has 22 heavy (non-hydrogen) atoms. The monoisotopic (exact) mass is 321 g/mol. The summed E-state index contributed by atoms with van der Waals surface area (Å²) in [4.78, 5) is 19.7. The van der Waals surface area contributed by atoms with E-state index in [1.165, 1.54) is 0 Å². The minimum absolute atomic E-state index is 0.131. The number of hydrogen-bond donors (Lipinski definition) is 0. The summed E-state index contributed by atoms with van der Waals surface area (Å²) in [5, 5.41) is 1.99. The van der Waals surface area contributed by atoms with Crippen molar-refractivity contribution < 1.29 is 14.3 Å². The number of amides is 1. The molecule has 1 atom stereocenters. The van der Waals surface area contributed by atoms with Crippen LogP contribution in [0.4, 0.5) is 0 Å². The summed E-state index contributed by atoms with van der Waals surface area (Å²) in [7, 11) is 0. The summed E-state index contributed by atoms with van der Waals surface area (Å²) in [6.07, 6.45) is 5.91. The lowest BCUT2D eigenvalue weighted by atomic mass is 10.0. The molecule has 118 valence electrons. The molecule has 2 aromatic heterocycles. The van der Waals surface area contributed by atoms with Crippen molar-refractivity contribution in [3.63, 3.8) is 0 Å². The number of carbonyl (C=O) groups is 1. The Balaban J connectivity index is 1.37. The largest absolute Gasteiger partial charge is 0.347 e. The molecular weight excluding hydrogens is 302 g/mol. The van der Waals surface area contributed by atoms with Crippen LogP contribution < -0.4 is 0 Å². The van der Waals surface area contributed by atoms with E-state index in [4.69, 9.17) is 9.47 Å². The minimum atomic E-state index is -0.451. The van der Waals surface area contributed by atoms with Crippen molar-refractivity contribution in [2.45, 2.75) is 38.1 Å². The van der Waals surface area contributed by atoms with Crippen molar-refractivity contribution >= 4 is 22.2 Å². The molecule has 1 spiro atoms. The predicted octanol–water partition coefficient (Wildman–Crippen LogP) is 1.69. The number of hydrogen-bond acceptors (Lipinski definition) is 5. The second-order valence-corrected chi connectivity index (χ2v) is 6.91. The zero-order chi connectivity index (χ0) is 15.2. The molecule has 2 aliphatic rings. The van der Waals surface area contributed by atoms with Crippen LogP contribution in [0.5, 0.6) is 0 Å². The molecule has 0 bridgehead atoms. The van der Waals surface area contributed by atoms with Crippen molar-refractivity contribution in [1.29, 1.82) is 0 Å². The summed E-state index contributed by atoms with van der Waals surface area (Å²) in [5.74, 6) is -0.320. The van der Waals surface area contributed by atoms with Gasteiger partial charge >= 0.3 is 0 Å². The molecule has 4 rings (SSSR count). The van der Waals surface area contributed by atoms with Gasteiger partial charge in [-0.05, 0) is 6.92 Å². The van der Waals surface area contributed by atoms with Crippen molar-refractivity contribution in [3.8, 4) is 0 Å². The maximum absolute atomic E-state index is 12.4. The first kappa shape index (κ1) is 14.2. The van der Waals surface area contributed by atoms with E-state index in [2.05, 4.69) is 4.98 Å². The molecule has 2 aliphatic heterocycles. The van der Waals surface area contributed by atoms with E-state index in [1.807, 2.05) is 34.0 Å². The number of piperidine rings is 1. The fourth-order valence-corrected chi connectivity index (χ4v) is 3.91. The highest BCUT2D eigenvalue weighted by Crippen LogP contribution is 2.34. The predicted molar refractivity (Wildman–Crippen MR) is 81.8 cm³/mol. The SMILES string of the molecule is CC1COC2(CCN(C(=O)Cc3cn4ccsc4n3)CC2)O1. The molecule has 0 saturated carbocycles. The first-order chi connectivity index (χ1) is 10.6. The molecule has 2 aromatic rings. The average molecular weight is 321 g/mol. The van der Waals surface area contributed by atoms with Crippen LogP contribution in [0.15, 0.2) is 17.8 Å². The van der Waals surface area contributed by atoms with E-state index in [-0.39, 0.29) is 12.0 Å². The maximum atomic E-state index is 12.4. The second kappa shape index (κ2) is 5.33. The highest BCUT2D eigenvalue weighted by Gasteiger charge is 2.43. The Morgan fingerprint density at radius 2 is 2.32 bits per heavy atom. The van der Waals surface area contributed by atoms with Crippen molar-refractivity contribution in [2.24, 2.45) is 0 Å². The number of rotatable bonds is 2. The van der Waals surface area contributed by atoms with E-state index in [0.29, 0.717) is 26.1 Å². The number of aromatic nitrogens is 2. The zero-order valence-corrected chi connectivity index (χ0v) is 13.3. The summed E-state index contributed by atoms with van der Waals surface area (Å²) < 4.78 is 13.6. The van der Waals surface area contributed by atoms with E-state index in [1.54, 1.807) is 11.3 Å². The van der Waals surface area contributed by atoms with E-state index in [9.17, 15) is 4.79 Å². The number of carbonyl (C=O) groups excluding carboxylic acids is 1. The molecule has 0 radical (unpaired) electrons. The Hall–Kier alpha value is -1.44. The highest BCUT2D eigenvalue weighted by atomic mass is 32.1. The van der Waals surface area contributed by atoms with Gasteiger partial charge in [0.1, 0.15) is 0 Å². The lowest BCUT2D eigenvalue weighted by Crippen LogP contribution is -2.47. The van der Waals surface area contributed by atoms with E-state index >= 15 is 0 Å². The smallest absolute Gasteiger partial charge is 0.228 e. The summed E-state index contributed by atoms with van der Waals surface area (Å²) in [6.45, 7) is 4.05. The first-order valence-corrected chi connectivity index (χ1v) is 8.52. The van der Waals surface area contributed by atoms with Gasteiger partial charge in [0.15, 0.2) is 10.7 Å². The molecule has 0 aromatic carbocycles. The maximum Gasteiger partial charge on any atom is 0.228 e. The number of thiazole rings is 1. The Morgan fingerprint density at radius 3 is 3.00 bits per heavy atom. The van der Waals surface area contributed by atoms with Crippen molar-refractivity contribution in [1.82, 2.24) is 14.3 Å². The van der Waals surface area contributed by atoms with Gasteiger partial charge < -0.3 is 14.4 Å². The van der Waals surface area contributed by atoms with Gasteiger partial charge in [-0.25, -0.2) is 4.98 Å². The van der Waals surface area contributed by atoms with Gasteiger partial charge in [0.2, 0.25) is 5.91 Å². The lowest BCUT2D eigenvalue weighted by molar-refractivity contribution is -0.194. The third-order valence-corrected chi connectivity index (χ3v) is 5.12. The number of ether oxygens (including phenoxy) is 2. The van der Waals surface area contributed by atoms with Crippen LogP contribution in [0, 0.1) is 0 Å². The van der Waals surface area contributed by atoms with Crippen molar-refractivity contribution in [3.05, 3.63) is 23.5 Å². The fraction of sp³-hybridized carbons (Fsp3) is 0.600. The summed E-state index contributed by atoms with van der Waals surface area (Å²) in [5.41, 5.74) is 0.833. The van der Waals surface area contributed by atoms with Gasteiger partial charge in [-0.2, -0.15) is 0 Å². The molecule has 0 aliphatic carbocycles. The highest BCUT2D eigenvalue weighted by molar-refractivity contribution is 7.15. The Labute approximate surface area is 132 Å². The van der Waals surface area contributed by atoms with Crippen LogP contribution in [-0.4, -0.2) is 51.8 Å². The van der Waals surface area contributed by atoms with Crippen LogP contribution >= 0.6 is 11.3 Å². The average Bonchev–Trinajstić information content (AvgIpc) is 3.15. The second-order valence-electron chi connectivity index (χ2n) is 6.03. The number of imidazole rings is 1. The molecule has 7 heteroatoms. The molecule has 1 unspecified atom stereocenters. The van der Waals surface area contributed by atoms with Gasteiger partial charge in [0.05, 0.1) is 24.8 Å². The normalized spacial score (nSPS) is 24.4. The van der Waals surface area contributed by atoms with Gasteiger partial charge in [0, 0.05) is 43.7 Å². The Kier molecular flexibility index (Phi) is 3.43. The third-order valence-electron chi connectivity index (χ3n) is 4.35. The standard InChI is InChI=1S/C15H19N3O3S/c1-11-10-20-15(21-11)2-4-17(5-3-15)13(19)8-12-9-18-6-7-22-14(18)16-12/h6-7,9,11H,2-5,8,10H2,1H3. The molecule has 0 N–H and O–H groups in total. The molecule has 6 nitrogen and oxygen atoms in total. The number of nitrogens with zero attached hydrogens (tertiary/aromatic N) is 3. The first-order valence-electron chi connectivity index (χ1n) is 7.64. The van der Waals surface area contributed by atoms with E-state index < -0.39 is 5.79 Å². The molecular formula is C15H19N3O3S. The third kappa shape index (κ3) is 2.53. The van der Waals surface area contributed by atoms with Crippen molar-refractivity contribution in [2.75, 3.05) is 19.7 Å². The van der Waals surface area contributed by atoms with E-state index in [0.717, 1.165) is 23.5 Å². The van der Waals surface area contributed by atoms with Gasteiger partial charge in [-0.3, -0.25) is 9.20 Å². The Bertz CT molecular complexity index is 659. The Morgan fingerprint density at radius 1 is 1.50 bits per heavy atom. The van der Waals surface area contributed by atoms with Gasteiger partial charge in [0.25, 0.3) is 0 Å². The quantitative estimate of drug-likeness (QED) is 0.845. The van der Waals surface area contributed by atoms with Crippen LogP contribution in [0.25, 0.3) is 4.96 Å². The topological polar surface area (TPSA) is 56.1 Å². The summed E-state index contributed by atoms with van der Waals surface area (Å²) >= 11 is 1.58. The van der Waals surface area contributed by atoms with Crippen LogP contribution in [0.1, 0.15) is 25.5 Å². The molecule has 4 heterocycles. The van der Waals surface area contributed by atoms with Gasteiger partial charge in [-0.1, -0.05) is 0 Å². The summed E-state index contributed by atoms with van der Waals surface area (Å²) in [6, 6.07) is 0. The number of likely N-dealkylation sites (tertiary alicyclic amines) is 1. The van der Waals surface area contributed by atoms with Crippen LogP contribution in [0.2, 0.25) is 0 Å². The van der Waals surface area contributed by atoms with Crippen LogP contribution in [-0.2, 0) is 20.7 Å². The lowest BCUT2D eigenvalue weighted by Gasteiger charge is -2.37. The molecule has 2 fully saturated rings. The number of fused-ring (bicyclic) bond motifs is 1. The zero-order valence-electron chi connectivity index (χ0n) is 12.5. The molecule has 2 saturated heterocycles.